The van der Waals surface area contributed by atoms with E-state index in [0.29, 0.717) is 0 Å². The third kappa shape index (κ3) is 3.97. The van der Waals surface area contributed by atoms with E-state index in [4.69, 9.17) is 0 Å². The van der Waals surface area contributed by atoms with Crippen LogP contribution in [0.4, 0.5) is 0 Å². The van der Waals surface area contributed by atoms with E-state index in [1.165, 1.54) is 12.8 Å². The molecule has 86 valence electrons. The maximum atomic E-state index is 9.94. The second kappa shape index (κ2) is 5.13. The molecule has 0 amide bonds. The van der Waals surface area contributed by atoms with Gasteiger partial charge in [0.15, 0.2) is 0 Å². The van der Waals surface area contributed by atoms with Crippen LogP contribution in [0.1, 0.15) is 54.4 Å². The summed E-state index contributed by atoms with van der Waals surface area (Å²) in [5.41, 5.74) is -0.908. The number of hydrogen-bond acceptors (Lipinski definition) is 2. The lowest BCUT2D eigenvalue weighted by atomic mass is 9.85. The average Bonchev–Trinajstić information content (AvgIpc) is 2.04. The summed E-state index contributed by atoms with van der Waals surface area (Å²) >= 11 is 0. The summed E-state index contributed by atoms with van der Waals surface area (Å²) in [6.07, 6.45) is 2.40. The van der Waals surface area contributed by atoms with Gasteiger partial charge >= 0.3 is 0 Å². The molecule has 0 bridgehead atoms. The second-order valence-electron chi connectivity index (χ2n) is 5.25. The van der Waals surface area contributed by atoms with Gasteiger partial charge < -0.3 is 10.4 Å². The van der Waals surface area contributed by atoms with Gasteiger partial charge in [0.25, 0.3) is 0 Å². The van der Waals surface area contributed by atoms with Crippen LogP contribution in [0.3, 0.4) is 0 Å². The Morgan fingerprint density at radius 1 is 1.07 bits per heavy atom. The summed E-state index contributed by atoms with van der Waals surface area (Å²) in [5, 5.41) is 13.4. The maximum absolute atomic E-state index is 9.94. The summed E-state index contributed by atoms with van der Waals surface area (Å²) in [5.74, 6) is 0.719. The van der Waals surface area contributed by atoms with Gasteiger partial charge in [0.1, 0.15) is 0 Å². The standard InChI is InChI=1S/C12H27NO/c1-7-10(8-2)9-13-11(3,4)12(5,6)14/h10,13-14H,7-9H2,1-6H3. The molecule has 0 rings (SSSR count). The molecule has 0 aromatic carbocycles. The van der Waals surface area contributed by atoms with Crippen LogP contribution < -0.4 is 5.32 Å². The van der Waals surface area contributed by atoms with Crippen molar-refractivity contribution in [2.45, 2.75) is 65.5 Å². The lowest BCUT2D eigenvalue weighted by molar-refractivity contribution is -0.00621. The molecular weight excluding hydrogens is 174 g/mol. The van der Waals surface area contributed by atoms with E-state index in [2.05, 4.69) is 33.0 Å². The van der Waals surface area contributed by atoms with Crippen LogP contribution in [0, 0.1) is 5.92 Å². The number of nitrogens with one attached hydrogen (secondary N) is 1. The number of hydrogen-bond donors (Lipinski definition) is 2. The molecule has 0 aliphatic rings. The Morgan fingerprint density at radius 2 is 1.50 bits per heavy atom. The molecule has 0 aliphatic carbocycles. The molecule has 0 unspecified atom stereocenters. The molecule has 0 aliphatic heterocycles. The van der Waals surface area contributed by atoms with Crippen molar-refractivity contribution in [1.29, 1.82) is 0 Å². The van der Waals surface area contributed by atoms with Gasteiger partial charge in [-0.3, -0.25) is 0 Å². The molecule has 0 aromatic rings. The van der Waals surface area contributed by atoms with Gasteiger partial charge in [-0.25, -0.2) is 0 Å². The normalized spacial score (nSPS) is 13.7. The lowest BCUT2D eigenvalue weighted by Crippen LogP contribution is -2.56. The van der Waals surface area contributed by atoms with Crippen LogP contribution in [-0.2, 0) is 0 Å². The van der Waals surface area contributed by atoms with E-state index < -0.39 is 5.60 Å². The summed E-state index contributed by atoms with van der Waals surface area (Å²) in [7, 11) is 0. The fourth-order valence-corrected chi connectivity index (χ4v) is 1.19. The number of aliphatic hydroxyl groups is 1. The molecular formula is C12H27NO. The van der Waals surface area contributed by atoms with Crippen molar-refractivity contribution in [3.05, 3.63) is 0 Å². The Kier molecular flexibility index (Phi) is 5.10. The Balaban J connectivity index is 4.11. The zero-order valence-electron chi connectivity index (χ0n) is 10.6. The third-order valence-corrected chi connectivity index (χ3v) is 3.52. The minimum absolute atomic E-state index is 0.227. The Hall–Kier alpha value is -0.0800. The summed E-state index contributed by atoms with van der Waals surface area (Å²) in [6, 6.07) is 0. The largest absolute Gasteiger partial charge is 0.389 e. The van der Waals surface area contributed by atoms with Crippen molar-refractivity contribution < 1.29 is 5.11 Å². The molecule has 0 spiro atoms. The molecule has 2 N–H and O–H groups in total. The maximum Gasteiger partial charge on any atom is 0.0767 e. The van der Waals surface area contributed by atoms with Crippen LogP contribution in [0.2, 0.25) is 0 Å². The minimum atomic E-state index is -0.682. The van der Waals surface area contributed by atoms with E-state index in [1.54, 1.807) is 0 Å². The van der Waals surface area contributed by atoms with Crippen LogP contribution >= 0.6 is 0 Å². The second-order valence-corrected chi connectivity index (χ2v) is 5.25. The first-order chi connectivity index (χ1) is 6.24. The lowest BCUT2D eigenvalue weighted by Gasteiger charge is -2.39. The first-order valence-electron chi connectivity index (χ1n) is 5.72. The Labute approximate surface area is 89.1 Å². The van der Waals surface area contributed by atoms with E-state index in [-0.39, 0.29) is 5.54 Å². The SMILES string of the molecule is CCC(CC)CNC(C)(C)C(C)(C)O. The quantitative estimate of drug-likeness (QED) is 0.692. The first kappa shape index (κ1) is 13.9. The first-order valence-corrected chi connectivity index (χ1v) is 5.72. The number of rotatable bonds is 6. The molecule has 0 fully saturated rings. The zero-order valence-corrected chi connectivity index (χ0v) is 10.6. The van der Waals surface area contributed by atoms with Gasteiger partial charge in [0, 0.05) is 5.54 Å². The highest BCUT2D eigenvalue weighted by Gasteiger charge is 2.34. The minimum Gasteiger partial charge on any atom is -0.389 e. The van der Waals surface area contributed by atoms with E-state index >= 15 is 0 Å². The molecule has 14 heavy (non-hydrogen) atoms. The predicted molar refractivity (Wildman–Crippen MR) is 62.5 cm³/mol. The fourth-order valence-electron chi connectivity index (χ4n) is 1.19. The van der Waals surface area contributed by atoms with Crippen molar-refractivity contribution >= 4 is 0 Å². The van der Waals surface area contributed by atoms with Crippen LogP contribution in [-0.4, -0.2) is 22.8 Å². The third-order valence-electron chi connectivity index (χ3n) is 3.52. The monoisotopic (exact) mass is 201 g/mol. The summed E-state index contributed by atoms with van der Waals surface area (Å²) < 4.78 is 0. The predicted octanol–water partition coefficient (Wildman–Crippen LogP) is 2.56. The van der Waals surface area contributed by atoms with Crippen molar-refractivity contribution in [3.8, 4) is 0 Å². The van der Waals surface area contributed by atoms with Gasteiger partial charge in [-0.2, -0.15) is 0 Å². The molecule has 0 radical (unpaired) electrons. The van der Waals surface area contributed by atoms with Crippen LogP contribution in [0.5, 0.6) is 0 Å². The van der Waals surface area contributed by atoms with Gasteiger partial charge in [-0.05, 0) is 40.2 Å². The Morgan fingerprint density at radius 3 is 1.79 bits per heavy atom. The summed E-state index contributed by atoms with van der Waals surface area (Å²) in [4.78, 5) is 0. The topological polar surface area (TPSA) is 32.3 Å². The van der Waals surface area contributed by atoms with Crippen LogP contribution in [0.15, 0.2) is 0 Å². The van der Waals surface area contributed by atoms with Crippen LogP contribution in [0.25, 0.3) is 0 Å². The van der Waals surface area contributed by atoms with Gasteiger partial charge in [0.05, 0.1) is 5.60 Å². The highest BCUT2D eigenvalue weighted by Crippen LogP contribution is 2.21. The average molecular weight is 201 g/mol. The van der Waals surface area contributed by atoms with Gasteiger partial charge in [-0.1, -0.05) is 26.7 Å². The molecule has 0 saturated carbocycles. The van der Waals surface area contributed by atoms with E-state index in [9.17, 15) is 5.11 Å². The zero-order chi connectivity index (χ0) is 11.4. The van der Waals surface area contributed by atoms with Gasteiger partial charge in [-0.15, -0.1) is 0 Å². The highest BCUT2D eigenvalue weighted by molar-refractivity contribution is 4.93. The molecule has 0 saturated heterocycles. The molecule has 0 heterocycles. The molecule has 0 aromatic heterocycles. The molecule has 2 nitrogen and oxygen atoms in total. The van der Waals surface area contributed by atoms with E-state index in [1.807, 2.05) is 13.8 Å². The fraction of sp³-hybridized carbons (Fsp3) is 1.00. The van der Waals surface area contributed by atoms with Crippen molar-refractivity contribution in [2.24, 2.45) is 5.92 Å². The molecule has 0 atom stereocenters. The Bertz CT molecular complexity index is 154. The van der Waals surface area contributed by atoms with Crippen molar-refractivity contribution in [1.82, 2.24) is 5.32 Å². The smallest absolute Gasteiger partial charge is 0.0767 e. The van der Waals surface area contributed by atoms with Gasteiger partial charge in [0.2, 0.25) is 0 Å². The van der Waals surface area contributed by atoms with Crippen molar-refractivity contribution in [2.75, 3.05) is 6.54 Å². The molecule has 2 heteroatoms. The van der Waals surface area contributed by atoms with E-state index in [0.717, 1.165) is 12.5 Å². The summed E-state index contributed by atoms with van der Waals surface area (Å²) in [6.45, 7) is 13.2. The highest BCUT2D eigenvalue weighted by atomic mass is 16.3. The van der Waals surface area contributed by atoms with Crippen molar-refractivity contribution in [3.63, 3.8) is 0 Å².